The van der Waals surface area contributed by atoms with Crippen LogP contribution in [0.15, 0.2) is 30.5 Å². The highest BCUT2D eigenvalue weighted by atomic mass is 16.2. The molecule has 0 spiro atoms. The van der Waals surface area contributed by atoms with E-state index in [2.05, 4.69) is 11.1 Å². The molecule has 2 aromatic rings. The first-order chi connectivity index (χ1) is 9.13. The van der Waals surface area contributed by atoms with E-state index in [9.17, 15) is 4.79 Å². The molecule has 0 saturated carbocycles. The summed E-state index contributed by atoms with van der Waals surface area (Å²) in [6, 6.07) is 8.12. The molecule has 1 aromatic carbocycles. The maximum atomic E-state index is 12.2. The van der Waals surface area contributed by atoms with Crippen LogP contribution >= 0.6 is 0 Å². The molecule has 1 unspecified atom stereocenters. The Balaban J connectivity index is 2.10. The largest absolute Gasteiger partial charge is 0.361 e. The molecular formula is C15H21N3O. The van der Waals surface area contributed by atoms with Gasteiger partial charge >= 0.3 is 0 Å². The lowest BCUT2D eigenvalue weighted by Gasteiger charge is -2.20. The molecule has 0 saturated heterocycles. The SMILES string of the molecule is CC(CCN)C(=O)N(C)Cc1c[nH]c2ccccc12. The Hall–Kier alpha value is -1.81. The van der Waals surface area contributed by atoms with Gasteiger partial charge in [0.2, 0.25) is 5.91 Å². The predicted octanol–water partition coefficient (Wildman–Crippen LogP) is 2.11. The van der Waals surface area contributed by atoms with Crippen LogP contribution in [0, 0.1) is 5.92 Å². The van der Waals surface area contributed by atoms with Crippen molar-refractivity contribution in [1.82, 2.24) is 9.88 Å². The van der Waals surface area contributed by atoms with Gasteiger partial charge in [-0.25, -0.2) is 0 Å². The monoisotopic (exact) mass is 259 g/mol. The normalized spacial score (nSPS) is 12.6. The van der Waals surface area contributed by atoms with E-state index in [4.69, 9.17) is 5.73 Å². The van der Waals surface area contributed by atoms with Gasteiger partial charge in [-0.05, 0) is 24.6 Å². The number of amides is 1. The summed E-state index contributed by atoms with van der Waals surface area (Å²) in [7, 11) is 1.84. The highest BCUT2D eigenvalue weighted by Crippen LogP contribution is 2.19. The Labute approximate surface area is 113 Å². The van der Waals surface area contributed by atoms with Crippen LogP contribution in [0.25, 0.3) is 10.9 Å². The summed E-state index contributed by atoms with van der Waals surface area (Å²) in [5, 5.41) is 1.17. The fraction of sp³-hybridized carbons (Fsp3) is 0.400. The van der Waals surface area contributed by atoms with Crippen molar-refractivity contribution in [1.29, 1.82) is 0 Å². The Kier molecular flexibility index (Phi) is 4.22. The second-order valence-electron chi connectivity index (χ2n) is 5.03. The minimum atomic E-state index is -0.0137. The van der Waals surface area contributed by atoms with E-state index >= 15 is 0 Å². The van der Waals surface area contributed by atoms with E-state index in [0.29, 0.717) is 13.1 Å². The molecule has 3 N–H and O–H groups in total. The third kappa shape index (κ3) is 2.96. The summed E-state index contributed by atoms with van der Waals surface area (Å²) in [6.07, 6.45) is 2.71. The van der Waals surface area contributed by atoms with E-state index in [1.807, 2.05) is 38.4 Å². The second kappa shape index (κ2) is 5.89. The van der Waals surface area contributed by atoms with E-state index in [0.717, 1.165) is 17.5 Å². The molecule has 102 valence electrons. The van der Waals surface area contributed by atoms with Crippen molar-refractivity contribution in [3.63, 3.8) is 0 Å². The molecule has 1 atom stereocenters. The van der Waals surface area contributed by atoms with Gasteiger partial charge in [-0.2, -0.15) is 0 Å². The van der Waals surface area contributed by atoms with E-state index in [1.54, 1.807) is 4.90 Å². The topological polar surface area (TPSA) is 62.1 Å². The molecule has 1 aromatic heterocycles. The zero-order valence-electron chi connectivity index (χ0n) is 11.5. The molecular weight excluding hydrogens is 238 g/mol. The van der Waals surface area contributed by atoms with Crippen molar-refractivity contribution in [2.45, 2.75) is 19.9 Å². The lowest BCUT2D eigenvalue weighted by atomic mass is 10.1. The summed E-state index contributed by atoms with van der Waals surface area (Å²) in [6.45, 7) is 3.10. The molecule has 1 heterocycles. The molecule has 0 radical (unpaired) electrons. The minimum absolute atomic E-state index is 0.0137. The van der Waals surface area contributed by atoms with Crippen LogP contribution in [-0.2, 0) is 11.3 Å². The summed E-state index contributed by atoms with van der Waals surface area (Å²) in [5.74, 6) is 0.135. The lowest BCUT2D eigenvalue weighted by molar-refractivity contribution is -0.134. The van der Waals surface area contributed by atoms with Gasteiger partial charge in [0.05, 0.1) is 0 Å². The number of nitrogens with zero attached hydrogens (tertiary/aromatic N) is 1. The molecule has 0 bridgehead atoms. The maximum absolute atomic E-state index is 12.2. The highest BCUT2D eigenvalue weighted by Gasteiger charge is 2.17. The fourth-order valence-electron chi connectivity index (χ4n) is 2.35. The number of H-pyrrole nitrogens is 1. The first kappa shape index (κ1) is 13.6. The number of hydrogen-bond acceptors (Lipinski definition) is 2. The number of benzene rings is 1. The first-order valence-corrected chi connectivity index (χ1v) is 6.63. The fourth-order valence-corrected chi connectivity index (χ4v) is 2.35. The quantitative estimate of drug-likeness (QED) is 0.864. The van der Waals surface area contributed by atoms with Gasteiger partial charge in [0.1, 0.15) is 0 Å². The van der Waals surface area contributed by atoms with Crippen LogP contribution in [0.3, 0.4) is 0 Å². The van der Waals surface area contributed by atoms with Gasteiger partial charge in [-0.1, -0.05) is 25.1 Å². The molecule has 0 aliphatic heterocycles. The molecule has 0 fully saturated rings. The van der Waals surface area contributed by atoms with Gasteiger partial charge in [-0.3, -0.25) is 4.79 Å². The van der Waals surface area contributed by atoms with Crippen LogP contribution in [0.2, 0.25) is 0 Å². The average molecular weight is 259 g/mol. The second-order valence-corrected chi connectivity index (χ2v) is 5.03. The van der Waals surface area contributed by atoms with Gasteiger partial charge in [-0.15, -0.1) is 0 Å². The van der Waals surface area contributed by atoms with E-state index in [-0.39, 0.29) is 11.8 Å². The first-order valence-electron chi connectivity index (χ1n) is 6.63. The zero-order valence-corrected chi connectivity index (χ0v) is 11.5. The number of aromatic amines is 1. The number of nitrogens with one attached hydrogen (secondary N) is 1. The number of aromatic nitrogens is 1. The average Bonchev–Trinajstić information content (AvgIpc) is 2.81. The third-order valence-electron chi connectivity index (χ3n) is 3.48. The molecule has 0 aliphatic rings. The van der Waals surface area contributed by atoms with Crippen LogP contribution < -0.4 is 5.73 Å². The number of para-hydroxylation sites is 1. The summed E-state index contributed by atoms with van der Waals surface area (Å²) in [5.41, 5.74) is 7.75. The number of nitrogens with two attached hydrogens (primary N) is 1. The van der Waals surface area contributed by atoms with Crippen LogP contribution in [0.4, 0.5) is 0 Å². The Morgan fingerprint density at radius 2 is 2.16 bits per heavy atom. The Bertz CT molecular complexity index is 561. The Morgan fingerprint density at radius 3 is 2.89 bits per heavy atom. The Morgan fingerprint density at radius 1 is 1.42 bits per heavy atom. The van der Waals surface area contributed by atoms with Crippen LogP contribution in [0.5, 0.6) is 0 Å². The molecule has 19 heavy (non-hydrogen) atoms. The van der Waals surface area contributed by atoms with Gasteiger partial charge < -0.3 is 15.6 Å². The molecule has 2 rings (SSSR count). The number of carbonyl (C=O) groups excluding carboxylic acids is 1. The van der Waals surface area contributed by atoms with Crippen LogP contribution in [-0.4, -0.2) is 29.4 Å². The van der Waals surface area contributed by atoms with Crippen molar-refractivity contribution in [2.24, 2.45) is 11.7 Å². The number of carbonyl (C=O) groups is 1. The number of hydrogen-bond donors (Lipinski definition) is 2. The lowest BCUT2D eigenvalue weighted by Crippen LogP contribution is -2.32. The smallest absolute Gasteiger partial charge is 0.225 e. The standard InChI is InChI=1S/C15H21N3O/c1-11(7-8-16)15(19)18(2)10-12-9-17-14-6-4-3-5-13(12)14/h3-6,9,11,17H,7-8,10,16H2,1-2H3. The summed E-state index contributed by atoms with van der Waals surface area (Å²) < 4.78 is 0. The van der Waals surface area contributed by atoms with E-state index in [1.165, 1.54) is 5.39 Å². The van der Waals surface area contributed by atoms with Crippen LogP contribution in [0.1, 0.15) is 18.9 Å². The number of rotatable bonds is 5. The number of fused-ring (bicyclic) bond motifs is 1. The minimum Gasteiger partial charge on any atom is -0.361 e. The van der Waals surface area contributed by atoms with E-state index < -0.39 is 0 Å². The molecule has 0 aliphatic carbocycles. The molecule has 4 heteroatoms. The van der Waals surface area contributed by atoms with Crippen molar-refractivity contribution in [3.8, 4) is 0 Å². The molecule has 1 amide bonds. The zero-order chi connectivity index (χ0) is 13.8. The highest BCUT2D eigenvalue weighted by molar-refractivity contribution is 5.84. The van der Waals surface area contributed by atoms with Gasteiger partial charge in [0.15, 0.2) is 0 Å². The summed E-state index contributed by atoms with van der Waals surface area (Å²) in [4.78, 5) is 17.2. The van der Waals surface area contributed by atoms with Crippen molar-refractivity contribution < 1.29 is 4.79 Å². The maximum Gasteiger partial charge on any atom is 0.225 e. The molecule has 4 nitrogen and oxygen atoms in total. The van der Waals surface area contributed by atoms with Crippen molar-refractivity contribution >= 4 is 16.8 Å². The van der Waals surface area contributed by atoms with Crippen molar-refractivity contribution in [2.75, 3.05) is 13.6 Å². The van der Waals surface area contributed by atoms with Gasteiger partial charge in [0, 0.05) is 36.6 Å². The third-order valence-corrected chi connectivity index (χ3v) is 3.48. The van der Waals surface area contributed by atoms with Gasteiger partial charge in [0.25, 0.3) is 0 Å². The predicted molar refractivity (Wildman–Crippen MR) is 77.6 cm³/mol. The van der Waals surface area contributed by atoms with Crippen molar-refractivity contribution in [3.05, 3.63) is 36.0 Å². The summed E-state index contributed by atoms with van der Waals surface area (Å²) >= 11 is 0.